The summed E-state index contributed by atoms with van der Waals surface area (Å²) in [6.07, 6.45) is -4.65. The van der Waals surface area contributed by atoms with Crippen LogP contribution < -0.4 is 15.4 Å². The molecule has 0 aliphatic heterocycles. The Morgan fingerprint density at radius 3 is 2.54 bits per heavy atom. The Kier molecular flexibility index (Phi) is 7.18. The Morgan fingerprint density at radius 2 is 1.96 bits per heavy atom. The molecule has 6 nitrogen and oxygen atoms in total. The number of sulfonamides is 1. The quantitative estimate of drug-likeness (QED) is 0.642. The fourth-order valence-corrected chi connectivity index (χ4v) is 2.86. The van der Waals surface area contributed by atoms with E-state index in [1.807, 2.05) is 18.6 Å². The molecule has 0 saturated heterocycles. The van der Waals surface area contributed by atoms with E-state index in [0.717, 1.165) is 24.7 Å². The van der Waals surface area contributed by atoms with E-state index in [1.54, 1.807) is 0 Å². The van der Waals surface area contributed by atoms with Crippen molar-refractivity contribution < 1.29 is 26.4 Å². The first kappa shape index (κ1) is 20.4. The molecule has 10 heteroatoms. The molecular weight excluding hydrogens is 347 g/mol. The lowest BCUT2D eigenvalue weighted by atomic mass is 10.2. The number of carbonyl (C=O) groups is 1. The van der Waals surface area contributed by atoms with E-state index in [1.165, 1.54) is 0 Å². The molecule has 1 atom stereocenters. The predicted molar refractivity (Wildman–Crippen MR) is 82.8 cm³/mol. The summed E-state index contributed by atoms with van der Waals surface area (Å²) in [5.74, 6) is -0.574. The molecule has 0 aliphatic carbocycles. The third kappa shape index (κ3) is 6.46. The number of alkyl halides is 3. The monoisotopic (exact) mass is 367 g/mol. The second-order valence-corrected chi connectivity index (χ2v) is 6.88. The second-order valence-electron chi connectivity index (χ2n) is 5.11. The zero-order valence-electron chi connectivity index (χ0n) is 13.3. The van der Waals surface area contributed by atoms with E-state index in [2.05, 4.69) is 10.6 Å². The number of hydrogen-bond donors (Lipinski definition) is 3. The number of rotatable bonds is 8. The molecule has 1 amide bonds. The van der Waals surface area contributed by atoms with Crippen molar-refractivity contribution >= 4 is 15.9 Å². The van der Waals surface area contributed by atoms with Crippen LogP contribution in [0.25, 0.3) is 0 Å². The van der Waals surface area contributed by atoms with Gasteiger partial charge in [-0.2, -0.15) is 13.2 Å². The van der Waals surface area contributed by atoms with Crippen molar-refractivity contribution in [3.63, 3.8) is 0 Å². The van der Waals surface area contributed by atoms with Gasteiger partial charge in [-0.1, -0.05) is 13.0 Å². The van der Waals surface area contributed by atoms with Gasteiger partial charge in [-0.15, -0.1) is 0 Å². The fraction of sp³-hybridized carbons (Fsp3) is 0.500. The van der Waals surface area contributed by atoms with E-state index in [4.69, 9.17) is 0 Å². The van der Waals surface area contributed by atoms with E-state index < -0.39 is 39.1 Å². The molecule has 0 fully saturated rings. The van der Waals surface area contributed by atoms with Crippen molar-refractivity contribution in [1.29, 1.82) is 0 Å². The Labute approximate surface area is 138 Å². The normalized spacial score (nSPS) is 13.5. The largest absolute Gasteiger partial charge is 0.416 e. The van der Waals surface area contributed by atoms with Gasteiger partial charge >= 0.3 is 6.18 Å². The predicted octanol–water partition coefficient (Wildman–Crippen LogP) is 1.10. The number of likely N-dealkylation sites (N-methyl/N-ethyl adjacent to an activating group) is 1. The molecule has 1 aromatic rings. The van der Waals surface area contributed by atoms with E-state index in [9.17, 15) is 26.4 Å². The van der Waals surface area contributed by atoms with Crippen molar-refractivity contribution in [1.82, 2.24) is 15.4 Å². The molecule has 3 N–H and O–H groups in total. The molecule has 0 aromatic heterocycles. The third-order valence-corrected chi connectivity index (χ3v) is 4.45. The van der Waals surface area contributed by atoms with Gasteiger partial charge in [0.05, 0.1) is 17.0 Å². The van der Waals surface area contributed by atoms with Crippen molar-refractivity contribution in [3.8, 4) is 0 Å². The summed E-state index contributed by atoms with van der Waals surface area (Å²) in [6, 6.07) is 3.33. The number of halogens is 3. The molecule has 0 aliphatic rings. The van der Waals surface area contributed by atoms with Gasteiger partial charge in [-0.05, 0) is 31.7 Å². The SMILES string of the molecule is CCN[C@H](C)CNC(=O)CNS(=O)(=O)c1cccc(C(F)(F)F)c1. The lowest BCUT2D eigenvalue weighted by Crippen LogP contribution is -2.43. The first-order chi connectivity index (χ1) is 11.1. The smallest absolute Gasteiger partial charge is 0.353 e. The highest BCUT2D eigenvalue weighted by molar-refractivity contribution is 7.89. The van der Waals surface area contributed by atoms with Crippen LogP contribution >= 0.6 is 0 Å². The van der Waals surface area contributed by atoms with Gasteiger partial charge in [0.2, 0.25) is 15.9 Å². The molecule has 0 unspecified atom stereocenters. The van der Waals surface area contributed by atoms with Crippen molar-refractivity contribution in [2.24, 2.45) is 0 Å². The van der Waals surface area contributed by atoms with Gasteiger partial charge in [0.15, 0.2) is 0 Å². The van der Waals surface area contributed by atoms with Gasteiger partial charge in [-0.25, -0.2) is 13.1 Å². The summed E-state index contributed by atoms with van der Waals surface area (Å²) < 4.78 is 63.8. The van der Waals surface area contributed by atoms with Gasteiger partial charge < -0.3 is 10.6 Å². The van der Waals surface area contributed by atoms with Gasteiger partial charge in [0, 0.05) is 12.6 Å². The highest BCUT2D eigenvalue weighted by atomic mass is 32.2. The minimum atomic E-state index is -4.65. The zero-order valence-corrected chi connectivity index (χ0v) is 14.1. The average Bonchev–Trinajstić information content (AvgIpc) is 2.50. The van der Waals surface area contributed by atoms with Crippen LogP contribution in [0.1, 0.15) is 19.4 Å². The van der Waals surface area contributed by atoms with Crippen LogP contribution in [-0.2, 0) is 21.0 Å². The Morgan fingerprint density at radius 1 is 1.29 bits per heavy atom. The molecule has 136 valence electrons. The van der Waals surface area contributed by atoms with E-state index >= 15 is 0 Å². The van der Waals surface area contributed by atoms with Crippen LogP contribution in [0.4, 0.5) is 13.2 Å². The minimum absolute atomic E-state index is 0.0130. The first-order valence-corrected chi connectivity index (χ1v) is 8.71. The second kappa shape index (κ2) is 8.45. The maximum atomic E-state index is 12.6. The van der Waals surface area contributed by atoms with Crippen LogP contribution in [0.15, 0.2) is 29.2 Å². The summed E-state index contributed by atoms with van der Waals surface area (Å²) in [6.45, 7) is 4.21. The molecule has 0 radical (unpaired) electrons. The molecule has 0 saturated carbocycles. The topological polar surface area (TPSA) is 87.3 Å². The number of hydrogen-bond acceptors (Lipinski definition) is 4. The standard InChI is InChI=1S/C14H20F3N3O3S/c1-3-18-10(2)8-19-13(21)9-20-24(22,23)12-6-4-5-11(7-12)14(15,16)17/h4-7,10,18,20H,3,8-9H2,1-2H3,(H,19,21)/t10-/m1/s1. The lowest BCUT2D eigenvalue weighted by Gasteiger charge is -2.14. The highest BCUT2D eigenvalue weighted by Crippen LogP contribution is 2.30. The minimum Gasteiger partial charge on any atom is -0.353 e. The Hall–Kier alpha value is -1.65. The number of amides is 1. The molecule has 1 rings (SSSR count). The maximum absolute atomic E-state index is 12.6. The first-order valence-electron chi connectivity index (χ1n) is 7.23. The molecule has 0 bridgehead atoms. The zero-order chi connectivity index (χ0) is 18.4. The van der Waals surface area contributed by atoms with E-state index in [-0.39, 0.29) is 6.04 Å². The summed E-state index contributed by atoms with van der Waals surface area (Å²) in [5.41, 5.74) is -1.07. The van der Waals surface area contributed by atoms with Crippen LogP contribution in [0.3, 0.4) is 0 Å². The fourth-order valence-electron chi connectivity index (χ4n) is 1.83. The van der Waals surface area contributed by atoms with Gasteiger partial charge in [0.25, 0.3) is 0 Å². The molecule has 1 aromatic carbocycles. The van der Waals surface area contributed by atoms with Crippen molar-refractivity contribution in [2.45, 2.75) is 31.0 Å². The van der Waals surface area contributed by atoms with Crippen molar-refractivity contribution in [2.75, 3.05) is 19.6 Å². The third-order valence-electron chi connectivity index (χ3n) is 3.05. The number of benzene rings is 1. The summed E-state index contributed by atoms with van der Waals surface area (Å²) in [5, 5.41) is 5.58. The Bertz CT molecular complexity index is 663. The molecule has 0 spiro atoms. The van der Waals surface area contributed by atoms with Crippen LogP contribution in [0.5, 0.6) is 0 Å². The summed E-state index contributed by atoms with van der Waals surface area (Å²) in [4.78, 5) is 11.1. The van der Waals surface area contributed by atoms with E-state index in [0.29, 0.717) is 12.6 Å². The van der Waals surface area contributed by atoms with Gasteiger partial charge in [-0.3, -0.25) is 4.79 Å². The molecule has 0 heterocycles. The van der Waals surface area contributed by atoms with Crippen LogP contribution in [0, 0.1) is 0 Å². The highest BCUT2D eigenvalue weighted by Gasteiger charge is 2.31. The van der Waals surface area contributed by atoms with Crippen LogP contribution in [0.2, 0.25) is 0 Å². The number of carbonyl (C=O) groups excluding carboxylic acids is 1. The molecule has 24 heavy (non-hydrogen) atoms. The summed E-state index contributed by atoms with van der Waals surface area (Å²) in [7, 11) is -4.21. The maximum Gasteiger partial charge on any atom is 0.416 e. The number of nitrogens with one attached hydrogen (secondary N) is 3. The summed E-state index contributed by atoms with van der Waals surface area (Å²) >= 11 is 0. The van der Waals surface area contributed by atoms with Crippen LogP contribution in [-0.4, -0.2) is 40.0 Å². The molecular formula is C14H20F3N3O3S. The Balaban J connectivity index is 2.66. The lowest BCUT2D eigenvalue weighted by molar-refractivity contribution is -0.137. The van der Waals surface area contributed by atoms with Crippen molar-refractivity contribution in [3.05, 3.63) is 29.8 Å². The average molecular weight is 367 g/mol. The van der Waals surface area contributed by atoms with Gasteiger partial charge in [0.1, 0.15) is 0 Å².